The minimum Gasteiger partial charge on any atom is -0.490 e. The molecular formula is C11H19N5O. The molecule has 0 spiro atoms. The highest BCUT2D eigenvalue weighted by Crippen LogP contribution is 2.35. The lowest BCUT2D eigenvalue weighted by Gasteiger charge is -2.20. The van der Waals surface area contributed by atoms with E-state index >= 15 is 0 Å². The first kappa shape index (κ1) is 11.9. The predicted octanol–water partition coefficient (Wildman–Crippen LogP) is 0.863. The molecule has 0 radical (unpaired) electrons. The van der Waals surface area contributed by atoms with Crippen molar-refractivity contribution in [2.24, 2.45) is 17.7 Å². The summed E-state index contributed by atoms with van der Waals surface area (Å²) in [7, 11) is 1.60. The molecule has 17 heavy (non-hydrogen) atoms. The van der Waals surface area contributed by atoms with Gasteiger partial charge in [0.25, 0.3) is 0 Å². The molecule has 0 saturated carbocycles. The number of rotatable bonds is 3. The summed E-state index contributed by atoms with van der Waals surface area (Å²) in [5.41, 5.74) is 2.53. The van der Waals surface area contributed by atoms with Gasteiger partial charge in [-0.05, 0) is 11.8 Å². The summed E-state index contributed by atoms with van der Waals surface area (Å²) >= 11 is 0. The van der Waals surface area contributed by atoms with Crippen LogP contribution < -0.4 is 20.9 Å². The predicted molar refractivity (Wildman–Crippen MR) is 66.9 cm³/mol. The van der Waals surface area contributed by atoms with Crippen LogP contribution in [0.1, 0.15) is 13.8 Å². The molecule has 0 aliphatic carbocycles. The Kier molecular flexibility index (Phi) is 3.33. The van der Waals surface area contributed by atoms with E-state index in [4.69, 9.17) is 10.6 Å². The molecule has 1 aromatic rings. The van der Waals surface area contributed by atoms with Crippen LogP contribution in [-0.4, -0.2) is 30.2 Å². The zero-order chi connectivity index (χ0) is 12.4. The zero-order valence-electron chi connectivity index (χ0n) is 10.5. The van der Waals surface area contributed by atoms with E-state index in [2.05, 4.69) is 34.1 Å². The number of anilines is 2. The van der Waals surface area contributed by atoms with Crippen molar-refractivity contribution in [3.05, 3.63) is 6.33 Å². The molecule has 2 rings (SSSR count). The maximum Gasteiger partial charge on any atom is 0.205 e. The van der Waals surface area contributed by atoms with E-state index < -0.39 is 0 Å². The summed E-state index contributed by atoms with van der Waals surface area (Å²) in [6, 6.07) is 0. The van der Waals surface area contributed by atoms with E-state index in [0.717, 1.165) is 18.9 Å². The summed E-state index contributed by atoms with van der Waals surface area (Å²) in [6.07, 6.45) is 1.50. The lowest BCUT2D eigenvalue weighted by molar-refractivity contribution is 0.412. The number of nitrogen functional groups attached to an aromatic ring is 1. The number of nitrogens with one attached hydrogen (secondary N) is 1. The van der Waals surface area contributed by atoms with Crippen LogP contribution in [0.3, 0.4) is 0 Å². The summed E-state index contributed by atoms with van der Waals surface area (Å²) in [4.78, 5) is 10.6. The van der Waals surface area contributed by atoms with Gasteiger partial charge in [-0.1, -0.05) is 13.8 Å². The zero-order valence-corrected chi connectivity index (χ0v) is 10.5. The van der Waals surface area contributed by atoms with E-state index in [1.54, 1.807) is 7.11 Å². The molecule has 1 saturated heterocycles. The van der Waals surface area contributed by atoms with Crippen LogP contribution in [-0.2, 0) is 0 Å². The number of hydrazine groups is 1. The van der Waals surface area contributed by atoms with Gasteiger partial charge in [0.1, 0.15) is 6.33 Å². The van der Waals surface area contributed by atoms with Gasteiger partial charge >= 0.3 is 0 Å². The van der Waals surface area contributed by atoms with Gasteiger partial charge in [0.15, 0.2) is 11.6 Å². The molecule has 2 atom stereocenters. The van der Waals surface area contributed by atoms with E-state index in [1.165, 1.54) is 6.33 Å². The van der Waals surface area contributed by atoms with Crippen LogP contribution in [0.2, 0.25) is 0 Å². The van der Waals surface area contributed by atoms with Crippen molar-refractivity contribution in [2.45, 2.75) is 13.8 Å². The molecule has 0 aromatic carbocycles. The van der Waals surface area contributed by atoms with E-state index in [-0.39, 0.29) is 0 Å². The summed E-state index contributed by atoms with van der Waals surface area (Å²) < 4.78 is 5.34. The molecule has 0 amide bonds. The van der Waals surface area contributed by atoms with Crippen molar-refractivity contribution < 1.29 is 4.74 Å². The molecule has 6 nitrogen and oxygen atoms in total. The fraction of sp³-hybridized carbons (Fsp3) is 0.636. The third-order valence-corrected chi connectivity index (χ3v) is 3.41. The maximum atomic E-state index is 5.41. The number of methoxy groups -OCH3 is 1. The monoisotopic (exact) mass is 237 g/mol. The van der Waals surface area contributed by atoms with E-state index in [9.17, 15) is 0 Å². The van der Waals surface area contributed by atoms with Gasteiger partial charge in [-0.25, -0.2) is 15.8 Å². The minimum atomic E-state index is 0.518. The molecule has 1 aliphatic rings. The van der Waals surface area contributed by atoms with E-state index in [0.29, 0.717) is 23.4 Å². The van der Waals surface area contributed by atoms with Crippen molar-refractivity contribution in [2.75, 3.05) is 30.5 Å². The normalized spacial score (nSPS) is 23.9. The second kappa shape index (κ2) is 4.75. The van der Waals surface area contributed by atoms with Gasteiger partial charge in [0.05, 0.1) is 7.11 Å². The fourth-order valence-corrected chi connectivity index (χ4v) is 2.18. The van der Waals surface area contributed by atoms with Gasteiger partial charge in [0.2, 0.25) is 5.75 Å². The largest absolute Gasteiger partial charge is 0.490 e. The third kappa shape index (κ3) is 2.12. The Morgan fingerprint density at radius 2 is 2.00 bits per heavy atom. The standard InChI is InChI=1S/C11H19N5O/c1-7-4-16(5-8(7)2)11-9(17-3)10(15-12)13-6-14-11/h6-8H,4-5,12H2,1-3H3,(H,13,14,15). The van der Waals surface area contributed by atoms with Crippen molar-refractivity contribution in [3.63, 3.8) is 0 Å². The second-order valence-corrected chi connectivity index (χ2v) is 4.58. The Hall–Kier alpha value is -1.56. The lowest BCUT2D eigenvalue weighted by atomic mass is 10.0. The van der Waals surface area contributed by atoms with Crippen LogP contribution >= 0.6 is 0 Å². The molecule has 6 heteroatoms. The molecule has 1 fully saturated rings. The van der Waals surface area contributed by atoms with Gasteiger partial charge in [-0.15, -0.1) is 0 Å². The molecule has 1 aromatic heterocycles. The number of aromatic nitrogens is 2. The van der Waals surface area contributed by atoms with Crippen LogP contribution in [0.15, 0.2) is 6.33 Å². The molecule has 1 aliphatic heterocycles. The number of nitrogens with two attached hydrogens (primary N) is 1. The minimum absolute atomic E-state index is 0.518. The molecule has 3 N–H and O–H groups in total. The molecule has 0 bridgehead atoms. The average Bonchev–Trinajstić information content (AvgIpc) is 2.68. The number of nitrogens with zero attached hydrogens (tertiary/aromatic N) is 3. The van der Waals surface area contributed by atoms with Crippen molar-refractivity contribution in [1.82, 2.24) is 9.97 Å². The van der Waals surface area contributed by atoms with Gasteiger partial charge < -0.3 is 15.1 Å². The lowest BCUT2D eigenvalue weighted by Crippen LogP contribution is -2.22. The first-order chi connectivity index (χ1) is 8.17. The van der Waals surface area contributed by atoms with Gasteiger partial charge in [-0.2, -0.15) is 0 Å². The van der Waals surface area contributed by atoms with Crippen molar-refractivity contribution >= 4 is 11.6 Å². The Balaban J connectivity index is 2.32. The van der Waals surface area contributed by atoms with Crippen molar-refractivity contribution in [1.29, 1.82) is 0 Å². The first-order valence-corrected chi connectivity index (χ1v) is 5.78. The smallest absolute Gasteiger partial charge is 0.205 e. The highest BCUT2D eigenvalue weighted by atomic mass is 16.5. The van der Waals surface area contributed by atoms with E-state index in [1.807, 2.05) is 0 Å². The molecule has 2 unspecified atom stereocenters. The van der Waals surface area contributed by atoms with Crippen LogP contribution in [0.5, 0.6) is 5.75 Å². The summed E-state index contributed by atoms with van der Waals surface area (Å²) in [5, 5.41) is 0. The molecular weight excluding hydrogens is 218 g/mol. The Labute approximate surface area is 101 Å². The Morgan fingerprint density at radius 1 is 1.35 bits per heavy atom. The number of ether oxygens (including phenoxy) is 1. The molecule has 94 valence electrons. The van der Waals surface area contributed by atoms with Crippen molar-refractivity contribution in [3.8, 4) is 5.75 Å². The third-order valence-electron chi connectivity index (χ3n) is 3.41. The maximum absolute atomic E-state index is 5.41. The van der Waals surface area contributed by atoms with Crippen LogP contribution in [0, 0.1) is 11.8 Å². The number of hydrogen-bond acceptors (Lipinski definition) is 6. The SMILES string of the molecule is COc1c(NN)ncnc1N1CC(C)C(C)C1. The van der Waals surface area contributed by atoms with Gasteiger partial charge in [-0.3, -0.25) is 0 Å². The average molecular weight is 237 g/mol. The highest BCUT2D eigenvalue weighted by Gasteiger charge is 2.29. The summed E-state index contributed by atoms with van der Waals surface area (Å²) in [6.45, 7) is 6.47. The summed E-state index contributed by atoms with van der Waals surface area (Å²) in [5.74, 6) is 8.66. The second-order valence-electron chi connectivity index (χ2n) is 4.58. The quantitative estimate of drug-likeness (QED) is 0.600. The Bertz CT molecular complexity index is 387. The molecule has 2 heterocycles. The Morgan fingerprint density at radius 3 is 2.53 bits per heavy atom. The first-order valence-electron chi connectivity index (χ1n) is 5.78. The van der Waals surface area contributed by atoms with Gasteiger partial charge in [0, 0.05) is 13.1 Å². The number of hydrogen-bond donors (Lipinski definition) is 2. The van der Waals surface area contributed by atoms with Crippen LogP contribution in [0.25, 0.3) is 0 Å². The fourth-order valence-electron chi connectivity index (χ4n) is 2.18. The van der Waals surface area contributed by atoms with Crippen LogP contribution in [0.4, 0.5) is 11.6 Å². The highest BCUT2D eigenvalue weighted by molar-refractivity contribution is 5.64. The topological polar surface area (TPSA) is 76.3 Å².